The molecule has 1 aromatic carbocycles. The number of anilines is 1. The molecule has 0 radical (unpaired) electrons. The summed E-state index contributed by atoms with van der Waals surface area (Å²) in [6, 6.07) is 9.73. The van der Waals surface area contributed by atoms with Crippen molar-refractivity contribution in [3.8, 4) is 0 Å². The Morgan fingerprint density at radius 3 is 2.54 bits per heavy atom. The first-order chi connectivity index (χ1) is 13.4. The lowest BCUT2D eigenvalue weighted by Gasteiger charge is -2.30. The van der Waals surface area contributed by atoms with Gasteiger partial charge in [0.1, 0.15) is 4.21 Å². The van der Waals surface area contributed by atoms with Crippen LogP contribution >= 0.6 is 11.3 Å². The van der Waals surface area contributed by atoms with Gasteiger partial charge >= 0.3 is 0 Å². The van der Waals surface area contributed by atoms with Gasteiger partial charge in [0.25, 0.3) is 15.9 Å². The fraction of sp³-hybridized carbons (Fsp3) is 0.450. The third-order valence-electron chi connectivity index (χ3n) is 4.97. The van der Waals surface area contributed by atoms with E-state index in [0.29, 0.717) is 17.8 Å². The molecule has 1 aliphatic rings. The van der Waals surface area contributed by atoms with Crippen molar-refractivity contribution in [1.82, 2.24) is 10.2 Å². The van der Waals surface area contributed by atoms with Crippen LogP contribution in [0.2, 0.25) is 0 Å². The molecule has 0 aliphatic carbocycles. The maximum absolute atomic E-state index is 12.3. The molecule has 152 valence electrons. The van der Waals surface area contributed by atoms with Gasteiger partial charge in [-0.3, -0.25) is 9.52 Å². The number of carbonyl (C=O) groups excluding carboxylic acids is 1. The van der Waals surface area contributed by atoms with Crippen molar-refractivity contribution < 1.29 is 13.2 Å². The number of hydrogen-bond donors (Lipinski definition) is 2. The number of piperidine rings is 1. The van der Waals surface area contributed by atoms with Gasteiger partial charge in [0, 0.05) is 17.8 Å². The molecule has 2 aromatic rings. The average Bonchev–Trinajstić information content (AvgIpc) is 3.23. The number of thiophene rings is 1. The SMILES string of the molecule is CC1CCN(CCCNC(=O)c2ccc(NS(=O)(=O)c3cccs3)cc2)CC1. The molecule has 0 spiro atoms. The van der Waals surface area contributed by atoms with Gasteiger partial charge in [-0.1, -0.05) is 13.0 Å². The first-order valence-corrected chi connectivity index (χ1v) is 12.0. The molecule has 6 nitrogen and oxygen atoms in total. The van der Waals surface area contributed by atoms with Crippen LogP contribution in [0.3, 0.4) is 0 Å². The maximum atomic E-state index is 12.3. The Balaban J connectivity index is 1.43. The number of nitrogens with zero attached hydrogens (tertiary/aromatic N) is 1. The lowest BCUT2D eigenvalue weighted by atomic mass is 9.99. The summed E-state index contributed by atoms with van der Waals surface area (Å²) in [6.07, 6.45) is 3.45. The summed E-state index contributed by atoms with van der Waals surface area (Å²) in [5, 5.41) is 4.65. The van der Waals surface area contributed by atoms with E-state index in [1.807, 2.05) is 0 Å². The minimum Gasteiger partial charge on any atom is -0.352 e. The highest BCUT2D eigenvalue weighted by molar-refractivity contribution is 7.94. The normalized spacial score (nSPS) is 16.0. The number of nitrogens with one attached hydrogen (secondary N) is 2. The van der Waals surface area contributed by atoms with Gasteiger partial charge in [-0.15, -0.1) is 11.3 Å². The minimum atomic E-state index is -3.57. The summed E-state index contributed by atoms with van der Waals surface area (Å²) >= 11 is 1.16. The summed E-state index contributed by atoms with van der Waals surface area (Å²) in [7, 11) is -3.57. The predicted octanol–water partition coefficient (Wildman–Crippen LogP) is 3.40. The second-order valence-corrected chi connectivity index (χ2v) is 10.1. The van der Waals surface area contributed by atoms with Crippen molar-refractivity contribution in [2.45, 2.75) is 30.4 Å². The van der Waals surface area contributed by atoms with Gasteiger partial charge in [-0.25, -0.2) is 8.42 Å². The predicted molar refractivity (Wildman–Crippen MR) is 113 cm³/mol. The number of rotatable bonds is 8. The summed E-state index contributed by atoms with van der Waals surface area (Å²) in [6.45, 7) is 6.25. The topological polar surface area (TPSA) is 78.5 Å². The van der Waals surface area contributed by atoms with Crippen molar-refractivity contribution in [1.29, 1.82) is 0 Å². The van der Waals surface area contributed by atoms with Gasteiger partial charge in [0.15, 0.2) is 0 Å². The Bertz CT molecular complexity index is 857. The first kappa shape index (κ1) is 20.8. The van der Waals surface area contributed by atoms with Crippen molar-refractivity contribution in [3.05, 3.63) is 47.3 Å². The summed E-state index contributed by atoms with van der Waals surface area (Å²) in [5.74, 6) is 0.689. The van der Waals surface area contributed by atoms with E-state index < -0.39 is 10.0 Å². The molecular weight excluding hydrogens is 394 g/mol. The highest BCUT2D eigenvalue weighted by Crippen LogP contribution is 2.20. The van der Waals surface area contributed by atoms with E-state index >= 15 is 0 Å². The smallest absolute Gasteiger partial charge is 0.271 e. The van der Waals surface area contributed by atoms with Crippen LogP contribution < -0.4 is 10.0 Å². The molecule has 1 aromatic heterocycles. The van der Waals surface area contributed by atoms with E-state index in [0.717, 1.165) is 43.3 Å². The number of carbonyl (C=O) groups is 1. The molecule has 2 heterocycles. The van der Waals surface area contributed by atoms with Gasteiger partial charge in [-0.2, -0.15) is 0 Å². The quantitative estimate of drug-likeness (QED) is 0.641. The Kier molecular flexibility index (Phi) is 7.09. The number of amides is 1. The Morgan fingerprint density at radius 1 is 1.18 bits per heavy atom. The van der Waals surface area contributed by atoms with Crippen LogP contribution in [0.1, 0.15) is 36.5 Å². The molecule has 0 bridgehead atoms. The molecule has 28 heavy (non-hydrogen) atoms. The van der Waals surface area contributed by atoms with Gasteiger partial charge < -0.3 is 10.2 Å². The van der Waals surface area contributed by atoms with E-state index in [9.17, 15) is 13.2 Å². The summed E-state index contributed by atoms with van der Waals surface area (Å²) in [5.41, 5.74) is 0.954. The molecule has 1 saturated heterocycles. The second-order valence-electron chi connectivity index (χ2n) is 7.25. The molecule has 0 atom stereocenters. The molecule has 3 rings (SSSR count). The molecule has 2 N–H and O–H groups in total. The van der Waals surface area contributed by atoms with Crippen molar-refractivity contribution in [2.24, 2.45) is 5.92 Å². The van der Waals surface area contributed by atoms with Crippen LogP contribution in [0.25, 0.3) is 0 Å². The van der Waals surface area contributed by atoms with Crippen molar-refractivity contribution in [2.75, 3.05) is 30.9 Å². The van der Waals surface area contributed by atoms with Crippen molar-refractivity contribution >= 4 is 33.0 Å². The highest BCUT2D eigenvalue weighted by atomic mass is 32.2. The molecule has 0 saturated carbocycles. The number of hydrogen-bond acceptors (Lipinski definition) is 5. The maximum Gasteiger partial charge on any atom is 0.271 e. The fourth-order valence-corrected chi connectivity index (χ4v) is 5.26. The Morgan fingerprint density at radius 2 is 1.89 bits per heavy atom. The van der Waals surface area contributed by atoms with E-state index in [2.05, 4.69) is 21.9 Å². The third kappa shape index (κ3) is 5.80. The van der Waals surface area contributed by atoms with Gasteiger partial charge in [0.05, 0.1) is 0 Å². The molecular formula is C20H27N3O3S2. The van der Waals surface area contributed by atoms with E-state index in [4.69, 9.17) is 0 Å². The van der Waals surface area contributed by atoms with Crippen molar-refractivity contribution in [3.63, 3.8) is 0 Å². The summed E-state index contributed by atoms with van der Waals surface area (Å²) < 4.78 is 27.2. The molecule has 8 heteroatoms. The Hall–Kier alpha value is -1.90. The van der Waals surface area contributed by atoms with E-state index in [1.165, 1.54) is 12.8 Å². The van der Waals surface area contributed by atoms with Crippen LogP contribution in [-0.2, 0) is 10.0 Å². The number of sulfonamides is 1. The van der Waals surface area contributed by atoms with Crippen LogP contribution in [0.15, 0.2) is 46.0 Å². The standard InChI is InChI=1S/C20H27N3O3S2/c1-16-9-13-23(14-10-16)12-3-11-21-20(24)17-5-7-18(8-6-17)22-28(25,26)19-4-2-15-27-19/h2,4-8,15-16,22H,3,9-14H2,1H3,(H,21,24). The Labute approximate surface area is 171 Å². The molecule has 1 amide bonds. The minimum absolute atomic E-state index is 0.139. The molecule has 1 fully saturated rings. The van der Waals surface area contributed by atoms with E-state index in [-0.39, 0.29) is 10.1 Å². The number of benzene rings is 1. The average molecular weight is 422 g/mol. The molecule has 1 aliphatic heterocycles. The lowest BCUT2D eigenvalue weighted by molar-refractivity contribution is 0.0950. The monoisotopic (exact) mass is 421 g/mol. The lowest BCUT2D eigenvalue weighted by Crippen LogP contribution is -2.35. The van der Waals surface area contributed by atoms with Crippen LogP contribution in [0.4, 0.5) is 5.69 Å². The fourth-order valence-electron chi connectivity index (χ4n) is 3.20. The van der Waals surface area contributed by atoms with Gasteiger partial charge in [-0.05, 0) is 80.5 Å². The first-order valence-electron chi connectivity index (χ1n) is 9.61. The largest absolute Gasteiger partial charge is 0.352 e. The van der Waals surface area contributed by atoms with Gasteiger partial charge in [0.2, 0.25) is 0 Å². The second kappa shape index (κ2) is 9.54. The summed E-state index contributed by atoms with van der Waals surface area (Å²) in [4.78, 5) is 14.7. The van der Waals surface area contributed by atoms with Crippen LogP contribution in [-0.4, -0.2) is 45.4 Å². The van der Waals surface area contributed by atoms with Crippen LogP contribution in [0, 0.1) is 5.92 Å². The third-order valence-corrected chi connectivity index (χ3v) is 7.75. The molecule has 0 unspecified atom stereocenters. The number of likely N-dealkylation sites (tertiary alicyclic amines) is 1. The van der Waals surface area contributed by atoms with Crippen LogP contribution in [0.5, 0.6) is 0 Å². The zero-order valence-corrected chi connectivity index (χ0v) is 17.7. The zero-order valence-electron chi connectivity index (χ0n) is 16.1. The zero-order chi connectivity index (χ0) is 20.0. The van der Waals surface area contributed by atoms with E-state index in [1.54, 1.807) is 41.8 Å². The highest BCUT2D eigenvalue weighted by Gasteiger charge is 2.16.